The maximum absolute atomic E-state index is 13.8. The Hall–Kier alpha value is -3.02. The van der Waals surface area contributed by atoms with Gasteiger partial charge in [0.05, 0.1) is 31.4 Å². The van der Waals surface area contributed by atoms with Gasteiger partial charge in [-0.25, -0.2) is 9.55 Å². The van der Waals surface area contributed by atoms with Crippen LogP contribution in [0.1, 0.15) is 38.7 Å². The van der Waals surface area contributed by atoms with Gasteiger partial charge in [0.2, 0.25) is 0 Å². The molecule has 3 unspecified atom stereocenters. The number of carbonyl (C=O) groups is 1. The molecule has 0 bridgehead atoms. The molecule has 12 nitrogen and oxygen atoms in total. The SMILES string of the molecule is C=C1[C@@H](n2cnc3c2NC=NC3N)[C@H](CO)[C@H]1COP(=O)(NC(C)C(=O)OC(C)C)Oc1ccccc1. The molecule has 1 aromatic heterocycles. The Kier molecular flexibility index (Phi) is 8.15. The number of hydrogen-bond donors (Lipinski definition) is 4. The monoisotopic (exact) mass is 532 g/mol. The van der Waals surface area contributed by atoms with Gasteiger partial charge in [-0.1, -0.05) is 24.8 Å². The van der Waals surface area contributed by atoms with Crippen LogP contribution in [0.15, 0.2) is 53.8 Å². The molecule has 2 aromatic rings. The van der Waals surface area contributed by atoms with Crippen LogP contribution < -0.4 is 20.7 Å². The summed E-state index contributed by atoms with van der Waals surface area (Å²) in [6, 6.07) is 7.28. The second kappa shape index (κ2) is 11.2. The number of aliphatic hydroxyl groups is 1. The molecule has 1 aliphatic heterocycles. The first kappa shape index (κ1) is 27.0. The quantitative estimate of drug-likeness (QED) is 0.192. The summed E-state index contributed by atoms with van der Waals surface area (Å²) < 4.78 is 32.4. The average Bonchev–Trinajstić information content (AvgIpc) is 3.27. The lowest BCUT2D eigenvalue weighted by Gasteiger charge is -2.47. The Morgan fingerprint density at radius 2 is 2.05 bits per heavy atom. The fourth-order valence-corrected chi connectivity index (χ4v) is 5.94. The number of aliphatic imine (C=N–C) groups is 1. The minimum atomic E-state index is -4.04. The molecule has 5 N–H and O–H groups in total. The van der Waals surface area contributed by atoms with E-state index in [0.717, 1.165) is 5.57 Å². The molecule has 2 heterocycles. The summed E-state index contributed by atoms with van der Waals surface area (Å²) in [5.41, 5.74) is 7.36. The highest BCUT2D eigenvalue weighted by Crippen LogP contribution is 2.53. The standard InChI is InChI=1S/C24H33N6O6P/c1-14(2)35-24(32)16(4)29-37(33,36-17-8-6-5-7-9-17)34-11-19-15(3)21(18(19)10-31)30-13-28-20-22(25)26-12-27-23(20)30/h5-9,12-14,16,18-19,21-22,31H,3,10-11,25H2,1-2,4H3,(H,26,27)(H,29,33)/t16?,18-,19+,21-,22?,37?/m1/s1. The fraction of sp³-hybridized carbons (Fsp3) is 0.458. The number of aromatic nitrogens is 2. The lowest BCUT2D eigenvalue weighted by Crippen LogP contribution is -2.46. The van der Waals surface area contributed by atoms with Crippen LogP contribution in [0.5, 0.6) is 5.75 Å². The van der Waals surface area contributed by atoms with E-state index in [2.05, 4.69) is 27.0 Å². The normalized spacial score (nSPS) is 25.0. The zero-order valence-corrected chi connectivity index (χ0v) is 21.9. The Morgan fingerprint density at radius 3 is 2.73 bits per heavy atom. The van der Waals surface area contributed by atoms with Gasteiger partial charge in [0, 0.05) is 18.4 Å². The average molecular weight is 533 g/mol. The third kappa shape index (κ3) is 5.78. The van der Waals surface area contributed by atoms with Crippen molar-refractivity contribution in [1.29, 1.82) is 0 Å². The molecule has 4 rings (SSSR count). The van der Waals surface area contributed by atoms with Gasteiger partial charge in [0.15, 0.2) is 0 Å². The number of carbonyl (C=O) groups excluding carboxylic acids is 1. The highest BCUT2D eigenvalue weighted by molar-refractivity contribution is 7.52. The van der Waals surface area contributed by atoms with Crippen LogP contribution in [-0.2, 0) is 18.6 Å². The number of esters is 1. The van der Waals surface area contributed by atoms with Gasteiger partial charge >= 0.3 is 13.7 Å². The molecule has 200 valence electrons. The summed E-state index contributed by atoms with van der Waals surface area (Å²) in [6.45, 7) is 8.94. The van der Waals surface area contributed by atoms with E-state index in [-0.39, 0.29) is 37.2 Å². The number of imidazole rings is 1. The molecule has 1 saturated carbocycles. The maximum Gasteiger partial charge on any atom is 0.459 e. The van der Waals surface area contributed by atoms with Gasteiger partial charge in [-0.3, -0.25) is 14.3 Å². The molecule has 13 heteroatoms. The van der Waals surface area contributed by atoms with Crippen molar-refractivity contribution in [2.24, 2.45) is 22.6 Å². The van der Waals surface area contributed by atoms with Crippen molar-refractivity contribution in [1.82, 2.24) is 14.6 Å². The number of fused-ring (bicyclic) bond motifs is 1. The summed E-state index contributed by atoms with van der Waals surface area (Å²) in [7, 11) is -4.04. The van der Waals surface area contributed by atoms with Crippen molar-refractivity contribution in [3.8, 4) is 5.75 Å². The predicted molar refractivity (Wildman–Crippen MR) is 138 cm³/mol. The van der Waals surface area contributed by atoms with Crippen LogP contribution in [0, 0.1) is 11.8 Å². The summed E-state index contributed by atoms with van der Waals surface area (Å²) in [5, 5.41) is 15.9. The Balaban J connectivity index is 1.48. The van der Waals surface area contributed by atoms with Gasteiger partial charge in [-0.15, -0.1) is 0 Å². The minimum Gasteiger partial charge on any atom is -0.462 e. The van der Waals surface area contributed by atoms with Crippen molar-refractivity contribution in [3.05, 3.63) is 54.5 Å². The molecule has 37 heavy (non-hydrogen) atoms. The number of rotatable bonds is 11. The van der Waals surface area contributed by atoms with E-state index in [4.69, 9.17) is 19.5 Å². The molecule has 0 radical (unpaired) electrons. The molecule has 0 spiro atoms. The van der Waals surface area contributed by atoms with E-state index >= 15 is 0 Å². The first-order valence-corrected chi connectivity index (χ1v) is 13.6. The largest absolute Gasteiger partial charge is 0.462 e. The highest BCUT2D eigenvalue weighted by Gasteiger charge is 2.48. The summed E-state index contributed by atoms with van der Waals surface area (Å²) in [4.78, 5) is 20.8. The lowest BCUT2D eigenvalue weighted by molar-refractivity contribution is -0.149. The number of nitrogens with two attached hydrogens (primary N) is 1. The number of ether oxygens (including phenoxy) is 1. The number of aliphatic hydroxyl groups excluding tert-OH is 1. The number of benzene rings is 1. The second-order valence-corrected chi connectivity index (χ2v) is 11.0. The zero-order chi connectivity index (χ0) is 26.7. The lowest BCUT2D eigenvalue weighted by atomic mass is 9.66. The van der Waals surface area contributed by atoms with Gasteiger partial charge in [0.25, 0.3) is 0 Å². The third-order valence-electron chi connectivity index (χ3n) is 6.28. The first-order valence-electron chi connectivity index (χ1n) is 12.0. The third-order valence-corrected chi connectivity index (χ3v) is 7.92. The molecule has 0 saturated heterocycles. The van der Waals surface area contributed by atoms with Gasteiger partial charge in [0.1, 0.15) is 29.5 Å². The van der Waals surface area contributed by atoms with Crippen LogP contribution in [0.25, 0.3) is 0 Å². The number of para-hydroxylation sites is 1. The van der Waals surface area contributed by atoms with Crippen molar-refractivity contribution < 1.29 is 28.3 Å². The number of nitrogens with one attached hydrogen (secondary N) is 2. The molecule has 1 fully saturated rings. The van der Waals surface area contributed by atoms with Crippen molar-refractivity contribution in [2.75, 3.05) is 18.5 Å². The Labute approximate surface area is 215 Å². The predicted octanol–water partition coefficient (Wildman–Crippen LogP) is 2.76. The van der Waals surface area contributed by atoms with Gasteiger partial charge in [-0.2, -0.15) is 5.09 Å². The summed E-state index contributed by atoms with van der Waals surface area (Å²) >= 11 is 0. The minimum absolute atomic E-state index is 0.0606. The van der Waals surface area contributed by atoms with Crippen LogP contribution in [0.3, 0.4) is 0 Å². The zero-order valence-electron chi connectivity index (χ0n) is 21.0. The van der Waals surface area contributed by atoms with E-state index in [1.54, 1.807) is 50.5 Å². The van der Waals surface area contributed by atoms with E-state index in [0.29, 0.717) is 17.3 Å². The van der Waals surface area contributed by atoms with Crippen LogP contribution in [0.2, 0.25) is 0 Å². The van der Waals surface area contributed by atoms with E-state index < -0.39 is 25.9 Å². The van der Waals surface area contributed by atoms with Crippen LogP contribution in [-0.4, -0.2) is 52.3 Å². The molecule has 1 aliphatic carbocycles. The number of anilines is 1. The van der Waals surface area contributed by atoms with Crippen LogP contribution in [0.4, 0.5) is 5.82 Å². The van der Waals surface area contributed by atoms with E-state index in [1.807, 2.05) is 4.57 Å². The number of nitrogens with zero attached hydrogens (tertiary/aromatic N) is 3. The van der Waals surface area contributed by atoms with Crippen molar-refractivity contribution in [3.63, 3.8) is 0 Å². The maximum atomic E-state index is 13.8. The van der Waals surface area contributed by atoms with Gasteiger partial charge < -0.3 is 30.0 Å². The van der Waals surface area contributed by atoms with Crippen molar-refractivity contribution >= 4 is 25.9 Å². The molecule has 0 amide bonds. The van der Waals surface area contributed by atoms with Crippen LogP contribution >= 0.6 is 7.75 Å². The molecular weight excluding hydrogens is 499 g/mol. The molecular formula is C24H33N6O6P. The van der Waals surface area contributed by atoms with Gasteiger partial charge in [-0.05, 0) is 38.5 Å². The molecule has 1 aromatic carbocycles. The highest BCUT2D eigenvalue weighted by atomic mass is 31.2. The topological polar surface area (TPSA) is 162 Å². The first-order chi connectivity index (χ1) is 17.6. The summed E-state index contributed by atoms with van der Waals surface area (Å²) in [5.74, 6) is -0.219. The van der Waals surface area contributed by atoms with E-state index in [1.165, 1.54) is 13.3 Å². The molecule has 6 atom stereocenters. The summed E-state index contributed by atoms with van der Waals surface area (Å²) in [6.07, 6.45) is 2.23. The molecule has 2 aliphatic rings. The number of hydrogen-bond acceptors (Lipinski definition) is 10. The second-order valence-electron chi connectivity index (χ2n) is 9.26. The fourth-order valence-electron chi connectivity index (χ4n) is 4.43. The Morgan fingerprint density at radius 1 is 1.32 bits per heavy atom. The smallest absolute Gasteiger partial charge is 0.459 e. The Bertz CT molecular complexity index is 1200. The van der Waals surface area contributed by atoms with Crippen molar-refractivity contribution in [2.45, 2.75) is 45.1 Å². The van der Waals surface area contributed by atoms with E-state index in [9.17, 15) is 14.5 Å².